The van der Waals surface area contributed by atoms with Crippen molar-refractivity contribution in [1.29, 1.82) is 0 Å². The number of ether oxygens (including phenoxy) is 1. The van der Waals surface area contributed by atoms with Gasteiger partial charge in [-0.1, -0.05) is 99.5 Å². The first-order valence-corrected chi connectivity index (χ1v) is 17.6. The van der Waals surface area contributed by atoms with Crippen LogP contribution in [0.2, 0.25) is 0 Å². The molecule has 0 fully saturated rings. The van der Waals surface area contributed by atoms with Gasteiger partial charge in [0.15, 0.2) is 6.61 Å². The number of nitrogens with two attached hydrogens (primary N) is 1. The molecule has 0 spiro atoms. The molecule has 1 heterocycles. The van der Waals surface area contributed by atoms with Crippen molar-refractivity contribution in [3.05, 3.63) is 142 Å². The van der Waals surface area contributed by atoms with Crippen LogP contribution in [0, 0.1) is 26.7 Å². The third-order valence-electron chi connectivity index (χ3n) is 9.91. The van der Waals surface area contributed by atoms with Gasteiger partial charge < -0.3 is 25.3 Å². The Morgan fingerprint density at radius 1 is 0.860 bits per heavy atom. The van der Waals surface area contributed by atoms with Crippen LogP contribution < -0.4 is 26.5 Å². The van der Waals surface area contributed by atoms with Gasteiger partial charge in [0.05, 0.1) is 0 Å². The molecule has 6 nitrogen and oxygen atoms in total. The predicted octanol–water partition coefficient (Wildman–Crippen LogP) is 6.86. The van der Waals surface area contributed by atoms with Crippen molar-refractivity contribution in [2.45, 2.75) is 59.5 Å². The average molecular weight is 669 g/mol. The van der Waals surface area contributed by atoms with Crippen molar-refractivity contribution in [3.8, 4) is 5.75 Å². The minimum absolute atomic E-state index is 0.0408. The fraction of sp³-hybridized carbons (Fsp3) is 0.295. The summed E-state index contributed by atoms with van der Waals surface area (Å²) in [6.45, 7) is 23.9. The lowest BCUT2D eigenvalue weighted by atomic mass is 9.93. The van der Waals surface area contributed by atoms with Crippen molar-refractivity contribution >= 4 is 35.5 Å². The van der Waals surface area contributed by atoms with Crippen LogP contribution in [-0.4, -0.2) is 41.1 Å². The highest BCUT2D eigenvalue weighted by Gasteiger charge is 2.24. The molecule has 0 saturated heterocycles. The molecule has 4 aromatic carbocycles. The third kappa shape index (κ3) is 9.06. The number of benzene rings is 4. The van der Waals surface area contributed by atoms with Crippen LogP contribution in [-0.2, 0) is 24.2 Å². The first kappa shape index (κ1) is 36.1. The highest BCUT2D eigenvalue weighted by molar-refractivity contribution is 5.83. The lowest BCUT2D eigenvalue weighted by Crippen LogP contribution is -2.46. The van der Waals surface area contributed by atoms with E-state index in [2.05, 4.69) is 97.8 Å². The largest absolute Gasteiger partial charge is 0.483 e. The number of rotatable bonds is 16. The molecule has 2 atom stereocenters. The van der Waals surface area contributed by atoms with E-state index in [9.17, 15) is 4.79 Å². The zero-order chi connectivity index (χ0) is 35.8. The number of anilines is 1. The molecule has 1 aromatic heterocycles. The van der Waals surface area contributed by atoms with Crippen molar-refractivity contribution in [2.24, 2.45) is 5.92 Å². The number of nitrogens with one attached hydrogen (secondary N) is 1. The van der Waals surface area contributed by atoms with E-state index in [-0.39, 0.29) is 24.5 Å². The summed E-state index contributed by atoms with van der Waals surface area (Å²) in [7, 11) is 0. The summed E-state index contributed by atoms with van der Waals surface area (Å²) in [6, 6.07) is 30.7. The second kappa shape index (κ2) is 16.4. The topological polar surface area (TPSA) is 72.5 Å². The molecule has 0 aliphatic rings. The Kier molecular flexibility index (Phi) is 11.9. The molecule has 3 N–H and O–H groups in total. The third-order valence-corrected chi connectivity index (χ3v) is 9.91. The summed E-state index contributed by atoms with van der Waals surface area (Å²) in [5, 5.41) is 7.56. The molecule has 1 unspecified atom stereocenters. The Balaban J connectivity index is 1.33. The van der Waals surface area contributed by atoms with Gasteiger partial charge in [-0.25, -0.2) is 0 Å². The Labute approximate surface area is 297 Å². The van der Waals surface area contributed by atoms with E-state index in [0.717, 1.165) is 82.2 Å². The Morgan fingerprint density at radius 3 is 2.14 bits per heavy atom. The monoisotopic (exact) mass is 668 g/mol. The van der Waals surface area contributed by atoms with Gasteiger partial charge in [-0.05, 0) is 85.5 Å². The molecule has 50 heavy (non-hydrogen) atoms. The van der Waals surface area contributed by atoms with E-state index >= 15 is 0 Å². The molecule has 1 amide bonds. The molecule has 0 bridgehead atoms. The van der Waals surface area contributed by atoms with Gasteiger partial charge in [0.25, 0.3) is 5.91 Å². The number of carbonyl (C=O) groups excluding carboxylic acids is 1. The van der Waals surface area contributed by atoms with Crippen LogP contribution >= 0.6 is 0 Å². The average Bonchev–Trinajstić information content (AvgIpc) is 3.35. The number of carbonyl (C=O) groups is 1. The van der Waals surface area contributed by atoms with Gasteiger partial charge in [-0.15, -0.1) is 0 Å². The lowest BCUT2D eigenvalue weighted by molar-refractivity contribution is -0.124. The maximum atomic E-state index is 13.4. The fourth-order valence-electron chi connectivity index (χ4n) is 6.65. The van der Waals surface area contributed by atoms with Crippen LogP contribution in [0.4, 0.5) is 5.69 Å². The number of aromatic nitrogens is 1. The maximum absolute atomic E-state index is 13.4. The first-order chi connectivity index (χ1) is 24.0. The van der Waals surface area contributed by atoms with Gasteiger partial charge in [-0.3, -0.25) is 4.79 Å². The first-order valence-electron chi connectivity index (χ1n) is 17.6. The smallest absolute Gasteiger partial charge is 0.258 e. The molecule has 6 heteroatoms. The normalized spacial score (nSPS) is 12.4. The predicted molar refractivity (Wildman–Crippen MR) is 210 cm³/mol. The molecule has 0 aliphatic carbocycles. The van der Waals surface area contributed by atoms with Crippen LogP contribution in [0.25, 0.3) is 23.9 Å². The number of nitrogens with zero attached hydrogens (tertiary/aromatic N) is 2. The van der Waals surface area contributed by atoms with Crippen LogP contribution in [0.15, 0.2) is 103 Å². The second-order valence-corrected chi connectivity index (χ2v) is 13.7. The maximum Gasteiger partial charge on any atom is 0.258 e. The summed E-state index contributed by atoms with van der Waals surface area (Å²) < 4.78 is 8.24. The van der Waals surface area contributed by atoms with E-state index in [1.807, 2.05) is 55.5 Å². The van der Waals surface area contributed by atoms with Gasteiger partial charge >= 0.3 is 0 Å². The zero-order valence-corrected chi connectivity index (χ0v) is 30.2. The van der Waals surface area contributed by atoms with Crippen LogP contribution in [0.3, 0.4) is 0 Å². The van der Waals surface area contributed by atoms with Crippen LogP contribution in [0.5, 0.6) is 5.75 Å². The highest BCUT2D eigenvalue weighted by atomic mass is 16.5. The summed E-state index contributed by atoms with van der Waals surface area (Å²) in [6.07, 6.45) is 2.30. The van der Waals surface area contributed by atoms with E-state index in [1.165, 1.54) is 16.7 Å². The van der Waals surface area contributed by atoms with E-state index in [4.69, 9.17) is 10.5 Å². The summed E-state index contributed by atoms with van der Waals surface area (Å²) in [5.41, 5.74) is 13.5. The van der Waals surface area contributed by atoms with Crippen molar-refractivity contribution < 1.29 is 9.53 Å². The molecular formula is C44H52N4O2. The number of allylic oxidation sites excluding steroid dienone is 1. The lowest BCUT2D eigenvalue weighted by Gasteiger charge is -2.34. The molecule has 5 aromatic rings. The fourth-order valence-corrected chi connectivity index (χ4v) is 6.65. The summed E-state index contributed by atoms with van der Waals surface area (Å²) in [5.74, 6) is 0.715. The summed E-state index contributed by atoms with van der Waals surface area (Å²) in [4.78, 5) is 15.8. The van der Waals surface area contributed by atoms with Gasteiger partial charge in [-0.2, -0.15) is 0 Å². The SMILES string of the molecule is C=C(CCn1c(=C)c2ccccc2c1=C)N(CCc1ccc(N)cc1)CC(C)[C@H](Cc1ccccc1)NC(=O)COc1cc(C)c(C)cc1C. The minimum atomic E-state index is -0.131. The number of hydrogen-bond donors (Lipinski definition) is 2. The standard InChI is InChI=1S/C44H52N4O2/c1-30-25-32(3)43(26-31(30)2)50-29-44(49)46-42(27-38-13-9-8-10-14-38)33(4)28-47(23-22-37-17-19-39(45)20-18-37)34(5)21-24-48-35(6)40-15-11-12-16-41(40)36(48)7/h8-20,25-26,33,42H,5-7,21-24,27-29,45H2,1-4H3,(H,46,49)/t33?,42-/m0/s1. The minimum Gasteiger partial charge on any atom is -0.483 e. The molecule has 0 saturated carbocycles. The summed E-state index contributed by atoms with van der Waals surface area (Å²) >= 11 is 0. The number of amides is 1. The number of hydrogen-bond acceptors (Lipinski definition) is 4. The molecule has 260 valence electrons. The van der Waals surface area contributed by atoms with Gasteiger partial charge in [0.1, 0.15) is 5.75 Å². The zero-order valence-electron chi connectivity index (χ0n) is 30.2. The molecule has 0 radical (unpaired) electrons. The van der Waals surface area contributed by atoms with Gasteiger partial charge in [0, 0.05) is 65.0 Å². The van der Waals surface area contributed by atoms with E-state index in [0.29, 0.717) is 6.42 Å². The molecular weight excluding hydrogens is 617 g/mol. The van der Waals surface area contributed by atoms with Crippen LogP contribution in [0.1, 0.15) is 41.2 Å². The van der Waals surface area contributed by atoms with E-state index < -0.39 is 0 Å². The number of nitrogen functional groups attached to an aromatic ring is 1. The van der Waals surface area contributed by atoms with E-state index in [1.54, 1.807) is 0 Å². The quantitative estimate of drug-likeness (QED) is 0.113. The Morgan fingerprint density at radius 2 is 1.48 bits per heavy atom. The number of aryl methyl sites for hydroxylation is 3. The van der Waals surface area contributed by atoms with Gasteiger partial charge in [0.2, 0.25) is 0 Å². The highest BCUT2D eigenvalue weighted by Crippen LogP contribution is 2.23. The Hall–Kier alpha value is -5.23. The van der Waals surface area contributed by atoms with Crippen molar-refractivity contribution in [3.63, 3.8) is 0 Å². The molecule has 5 rings (SSSR count). The number of fused-ring (bicyclic) bond motifs is 1. The second-order valence-electron chi connectivity index (χ2n) is 13.7. The van der Waals surface area contributed by atoms with Crippen molar-refractivity contribution in [2.75, 3.05) is 25.4 Å². The Bertz CT molecular complexity index is 1980. The van der Waals surface area contributed by atoms with Crippen molar-refractivity contribution in [1.82, 2.24) is 14.8 Å². The molecule has 0 aliphatic heterocycles.